The van der Waals surface area contributed by atoms with Crippen LogP contribution in [0.25, 0.3) is 0 Å². The Morgan fingerprint density at radius 2 is 1.50 bits per heavy atom. The summed E-state index contributed by atoms with van der Waals surface area (Å²) < 4.78 is 32.1. The van der Waals surface area contributed by atoms with Crippen molar-refractivity contribution < 1.29 is 13.2 Å². The van der Waals surface area contributed by atoms with Crippen molar-refractivity contribution in [2.75, 3.05) is 19.9 Å². The predicted molar refractivity (Wildman–Crippen MR) is 138 cm³/mol. The zero-order valence-corrected chi connectivity index (χ0v) is 20.7. The molecule has 0 spiro atoms. The van der Waals surface area contributed by atoms with Crippen molar-refractivity contribution in [3.63, 3.8) is 0 Å². The van der Waals surface area contributed by atoms with Gasteiger partial charge in [-0.1, -0.05) is 72.8 Å². The molecule has 0 aromatic heterocycles. The Labute approximate surface area is 203 Å². The third kappa shape index (κ3) is 6.06. The molecule has 0 aliphatic heterocycles. The molecule has 1 aliphatic carbocycles. The number of hydrogen-bond acceptors (Lipinski definition) is 4. The van der Waals surface area contributed by atoms with E-state index in [2.05, 4.69) is 70.7 Å². The second-order valence-electron chi connectivity index (χ2n) is 9.30. The van der Waals surface area contributed by atoms with Crippen molar-refractivity contribution in [1.29, 1.82) is 0 Å². The van der Waals surface area contributed by atoms with E-state index in [0.29, 0.717) is 12.6 Å². The van der Waals surface area contributed by atoms with Gasteiger partial charge in [0.15, 0.2) is 0 Å². The second-order valence-corrected chi connectivity index (χ2v) is 11.1. The summed E-state index contributed by atoms with van der Waals surface area (Å²) in [5.41, 5.74) is 3.36. The highest BCUT2D eigenvalue weighted by Crippen LogP contribution is 2.41. The Morgan fingerprint density at radius 1 is 0.912 bits per heavy atom. The van der Waals surface area contributed by atoms with Gasteiger partial charge in [0.05, 0.1) is 19.4 Å². The lowest BCUT2D eigenvalue weighted by molar-refractivity contribution is 0.239. The molecule has 4 rings (SSSR count). The third-order valence-electron chi connectivity index (χ3n) is 6.97. The number of hydrogen-bond donors (Lipinski definition) is 2. The first kappa shape index (κ1) is 24.5. The zero-order valence-electron chi connectivity index (χ0n) is 19.9. The number of methoxy groups -OCH3 is 1. The molecule has 1 aliphatic rings. The van der Waals surface area contributed by atoms with Gasteiger partial charge in [0.25, 0.3) is 0 Å². The quantitative estimate of drug-likeness (QED) is 0.463. The number of ether oxygens (including phenoxy) is 1. The zero-order chi connectivity index (χ0) is 24.0. The average Bonchev–Trinajstić information content (AvgIpc) is 2.87. The van der Waals surface area contributed by atoms with Crippen LogP contribution in [0.1, 0.15) is 48.4 Å². The summed E-state index contributed by atoms with van der Waals surface area (Å²) >= 11 is 0. The monoisotopic (exact) mass is 478 g/mol. The van der Waals surface area contributed by atoms with Crippen LogP contribution in [-0.2, 0) is 15.4 Å². The van der Waals surface area contributed by atoms with Crippen LogP contribution in [0.15, 0.2) is 84.9 Å². The van der Waals surface area contributed by atoms with E-state index in [1.807, 2.05) is 24.3 Å². The molecular formula is C28H34N2O3S. The van der Waals surface area contributed by atoms with Crippen molar-refractivity contribution >= 4 is 10.0 Å². The summed E-state index contributed by atoms with van der Waals surface area (Å²) in [6.45, 7) is 0.395. The molecule has 0 saturated heterocycles. The first-order valence-corrected chi connectivity index (χ1v) is 13.7. The van der Waals surface area contributed by atoms with E-state index in [4.69, 9.17) is 4.74 Å². The first-order chi connectivity index (χ1) is 16.4. The predicted octanol–water partition coefficient (Wildman–Crippen LogP) is 4.80. The summed E-state index contributed by atoms with van der Waals surface area (Å²) in [4.78, 5) is 0. The van der Waals surface area contributed by atoms with E-state index in [0.717, 1.165) is 37.0 Å². The van der Waals surface area contributed by atoms with E-state index < -0.39 is 10.0 Å². The van der Waals surface area contributed by atoms with Crippen LogP contribution in [0, 0.1) is 0 Å². The van der Waals surface area contributed by atoms with Gasteiger partial charge < -0.3 is 10.1 Å². The van der Waals surface area contributed by atoms with Gasteiger partial charge in [0.2, 0.25) is 10.0 Å². The van der Waals surface area contributed by atoms with Crippen LogP contribution in [0.4, 0.5) is 0 Å². The Hall–Kier alpha value is -2.67. The van der Waals surface area contributed by atoms with E-state index in [1.165, 1.54) is 17.4 Å². The smallest absolute Gasteiger partial charge is 0.208 e. The van der Waals surface area contributed by atoms with Gasteiger partial charge in [-0.25, -0.2) is 13.1 Å². The van der Waals surface area contributed by atoms with E-state index in [1.54, 1.807) is 7.11 Å². The van der Waals surface area contributed by atoms with Gasteiger partial charge in [-0.05, 0) is 54.5 Å². The topological polar surface area (TPSA) is 67.4 Å². The Morgan fingerprint density at radius 3 is 2.03 bits per heavy atom. The van der Waals surface area contributed by atoms with Crippen LogP contribution in [0.3, 0.4) is 0 Å². The molecule has 3 aromatic carbocycles. The number of nitrogens with one attached hydrogen (secondary N) is 2. The molecular weight excluding hydrogens is 444 g/mol. The van der Waals surface area contributed by atoms with Crippen LogP contribution in [0.5, 0.6) is 5.75 Å². The van der Waals surface area contributed by atoms with Crippen molar-refractivity contribution in [1.82, 2.24) is 10.0 Å². The van der Waals surface area contributed by atoms with Crippen molar-refractivity contribution in [2.45, 2.75) is 43.2 Å². The molecule has 0 heterocycles. The average molecular weight is 479 g/mol. The minimum absolute atomic E-state index is 0.117. The fraction of sp³-hybridized carbons (Fsp3) is 0.357. The Kier molecular flexibility index (Phi) is 7.71. The highest BCUT2D eigenvalue weighted by Gasteiger charge is 2.38. The maximum absolute atomic E-state index is 11.9. The SMILES string of the molecule is COc1cccc([C@]2(CNS(C)(=O)=O)CC[C@@H](NC(c3ccccc3)c3ccccc3)CC2)c1. The molecule has 1 fully saturated rings. The third-order valence-corrected chi connectivity index (χ3v) is 7.63. The molecule has 0 amide bonds. The Bertz CT molecular complexity index is 1120. The molecule has 34 heavy (non-hydrogen) atoms. The van der Waals surface area contributed by atoms with Gasteiger partial charge >= 0.3 is 0 Å². The highest BCUT2D eigenvalue weighted by atomic mass is 32.2. The van der Waals surface area contributed by atoms with Crippen molar-refractivity contribution in [3.05, 3.63) is 102 Å². The molecule has 180 valence electrons. The summed E-state index contributed by atoms with van der Waals surface area (Å²) in [6, 6.07) is 29.6. The fourth-order valence-corrected chi connectivity index (χ4v) is 5.58. The first-order valence-electron chi connectivity index (χ1n) is 11.8. The molecule has 0 unspecified atom stereocenters. The molecule has 3 aromatic rings. The van der Waals surface area contributed by atoms with Gasteiger partial charge in [-0.15, -0.1) is 0 Å². The fourth-order valence-electron chi connectivity index (χ4n) is 5.04. The lowest BCUT2D eigenvalue weighted by Crippen LogP contribution is -2.47. The minimum Gasteiger partial charge on any atom is -0.497 e. The van der Waals surface area contributed by atoms with E-state index in [-0.39, 0.29) is 11.5 Å². The second kappa shape index (κ2) is 10.7. The molecule has 0 atom stereocenters. The van der Waals surface area contributed by atoms with Crippen molar-refractivity contribution in [2.24, 2.45) is 0 Å². The summed E-state index contributed by atoms with van der Waals surface area (Å²) in [6.07, 6.45) is 4.91. The largest absolute Gasteiger partial charge is 0.497 e. The van der Waals surface area contributed by atoms with E-state index in [9.17, 15) is 8.42 Å². The number of benzene rings is 3. The van der Waals surface area contributed by atoms with Crippen LogP contribution < -0.4 is 14.8 Å². The summed E-state index contributed by atoms with van der Waals surface area (Å²) in [5, 5.41) is 3.91. The van der Waals surface area contributed by atoms with Crippen LogP contribution in [-0.4, -0.2) is 34.4 Å². The summed E-state index contributed by atoms with van der Waals surface area (Å²) in [5.74, 6) is 0.796. The highest BCUT2D eigenvalue weighted by molar-refractivity contribution is 7.88. The van der Waals surface area contributed by atoms with E-state index >= 15 is 0 Å². The lowest BCUT2D eigenvalue weighted by atomic mass is 9.68. The maximum Gasteiger partial charge on any atom is 0.208 e. The van der Waals surface area contributed by atoms with Crippen LogP contribution in [0.2, 0.25) is 0 Å². The maximum atomic E-state index is 11.9. The number of rotatable bonds is 9. The van der Waals surface area contributed by atoms with Crippen LogP contribution >= 0.6 is 0 Å². The Balaban J connectivity index is 1.55. The summed E-state index contributed by atoms with van der Waals surface area (Å²) in [7, 11) is -1.63. The molecule has 0 bridgehead atoms. The van der Waals surface area contributed by atoms with Gasteiger partial charge in [0, 0.05) is 18.0 Å². The minimum atomic E-state index is -3.29. The standard InChI is InChI=1S/C28H34N2O3S/c1-33-26-15-9-14-24(20-26)28(21-29-34(2,31)32)18-16-25(17-19-28)30-27(22-10-5-3-6-11-22)23-12-7-4-8-13-23/h3-15,20,25,27,29-30H,16-19,21H2,1-2H3/t25-,28-. The molecule has 0 radical (unpaired) electrons. The van der Waals surface area contributed by atoms with Crippen molar-refractivity contribution in [3.8, 4) is 5.75 Å². The lowest BCUT2D eigenvalue weighted by Gasteiger charge is -2.42. The van der Waals surface area contributed by atoms with Gasteiger partial charge in [-0.2, -0.15) is 0 Å². The molecule has 5 nitrogen and oxygen atoms in total. The number of sulfonamides is 1. The normalized spacial score (nSPS) is 20.9. The molecule has 2 N–H and O–H groups in total. The van der Waals surface area contributed by atoms with Gasteiger partial charge in [0.1, 0.15) is 5.75 Å². The van der Waals surface area contributed by atoms with Gasteiger partial charge in [-0.3, -0.25) is 0 Å². The molecule has 6 heteroatoms. The molecule has 1 saturated carbocycles.